The first kappa shape index (κ1) is 61.6. The summed E-state index contributed by atoms with van der Waals surface area (Å²) in [5, 5.41) is 3.71. The van der Waals surface area contributed by atoms with Gasteiger partial charge in [-0.3, -0.25) is 9.97 Å². The average Bonchev–Trinajstić information content (AvgIpc) is 1.26. The Kier molecular flexibility index (Phi) is 17.7. The topological polar surface area (TPSA) is 63.2 Å². The number of hydrogen-bond donors (Lipinski definition) is 0. The second-order valence-electron chi connectivity index (χ2n) is 26.7. The van der Waals surface area contributed by atoms with Crippen molar-refractivity contribution in [2.24, 2.45) is 26.6 Å². The number of benzene rings is 6. The van der Waals surface area contributed by atoms with E-state index >= 15 is 0 Å². The van der Waals surface area contributed by atoms with Gasteiger partial charge in [0.25, 0.3) is 0 Å². The third-order valence-electron chi connectivity index (χ3n) is 18.7. The zero-order valence-corrected chi connectivity index (χ0v) is 55.5. The molecule has 0 unspecified atom stereocenters. The molecule has 1 fully saturated rings. The summed E-state index contributed by atoms with van der Waals surface area (Å²) in [6.45, 7) is 28.4. The monoisotopic (exact) mass is 1170 g/mol. The van der Waals surface area contributed by atoms with Gasteiger partial charge in [0, 0.05) is 128 Å². The Bertz CT molecular complexity index is 4620. The van der Waals surface area contributed by atoms with Gasteiger partial charge in [0.2, 0.25) is 33.6 Å². The zero-order chi connectivity index (χ0) is 63.0. The van der Waals surface area contributed by atoms with Crippen molar-refractivity contribution in [1.29, 1.82) is 0 Å². The molecule has 13 rings (SSSR count). The van der Waals surface area contributed by atoms with Gasteiger partial charge in [-0.2, -0.15) is 13.7 Å². The molecule has 6 heterocycles. The summed E-state index contributed by atoms with van der Waals surface area (Å²) >= 11 is 0. The van der Waals surface area contributed by atoms with Crippen molar-refractivity contribution >= 4 is 32.7 Å². The summed E-state index contributed by atoms with van der Waals surface area (Å²) in [5.74, 6) is 1.45. The molecule has 0 atom stereocenters. The molecular weight excluding hydrogens is 1080 g/mol. The molecule has 12 aromatic rings. The molecule has 0 radical (unpaired) electrons. The van der Waals surface area contributed by atoms with Gasteiger partial charge in [0.15, 0.2) is 0 Å². The number of hydrogen-bond acceptors (Lipinski definition) is 4. The standard InChI is InChI=1S/C29H31N2.C29H33N2.C24H24N3/c1-19-15-20(2)21(3)26(16-19)29-14-11-24-17-23(10-13-28(24)31(29)4)25-9-12-27(30-18-25)22-7-5-6-8-22;1-19-14-20(2)21(3)26(15-19)28-13-10-23-16-22(9-12-27(23)31(28)7)24-8-11-25(30-18-24)17-29(4,5)6;1-15-10-16(2)17(3)22(11-15)24-9-7-20-12-19(6-8-23(20)27(24)5)21-13-25-18(4)26-14-21/h9-18,22H,5-8H2,1-4H3;8-16,18H,17H2,1-7H3;6-14H,1-5H3/q3*+1. The van der Waals surface area contributed by atoms with E-state index in [0.29, 0.717) is 5.92 Å². The summed E-state index contributed by atoms with van der Waals surface area (Å²) < 4.78 is 6.92. The molecule has 0 spiro atoms. The van der Waals surface area contributed by atoms with Crippen molar-refractivity contribution in [3.63, 3.8) is 0 Å². The molecule has 7 nitrogen and oxygen atoms in total. The Balaban J connectivity index is 0.000000138. The third kappa shape index (κ3) is 13.4. The van der Waals surface area contributed by atoms with Crippen molar-refractivity contribution < 1.29 is 13.7 Å². The Morgan fingerprint density at radius 3 is 1.09 bits per heavy atom. The highest BCUT2D eigenvalue weighted by molar-refractivity contribution is 5.86. The maximum Gasteiger partial charge on any atom is 0.213 e. The van der Waals surface area contributed by atoms with Gasteiger partial charge in [-0.1, -0.05) is 80.6 Å². The smallest absolute Gasteiger partial charge is 0.213 e. The minimum absolute atomic E-state index is 0.248. The van der Waals surface area contributed by atoms with E-state index in [-0.39, 0.29) is 5.41 Å². The van der Waals surface area contributed by atoms with Crippen LogP contribution in [0.1, 0.15) is 120 Å². The molecule has 0 N–H and O–H groups in total. The molecule has 89 heavy (non-hydrogen) atoms. The van der Waals surface area contributed by atoms with Crippen LogP contribution in [0.25, 0.3) is 99.9 Å². The lowest BCUT2D eigenvalue weighted by molar-refractivity contribution is -0.633. The molecule has 0 bridgehead atoms. The number of aromatic nitrogens is 7. The quantitative estimate of drug-likeness (QED) is 0.142. The van der Waals surface area contributed by atoms with Crippen LogP contribution in [0, 0.1) is 74.7 Å². The maximum absolute atomic E-state index is 4.81. The largest absolute Gasteiger partial charge is 0.261 e. The first-order valence-electron chi connectivity index (χ1n) is 31.8. The fourth-order valence-corrected chi connectivity index (χ4v) is 13.3. The lowest BCUT2D eigenvalue weighted by Gasteiger charge is -2.17. The SMILES string of the molecule is Cc1cc(C)c(C)c(-c2ccc3cc(-c4ccc(C5CCCC5)nc4)ccc3[n+]2C)c1.Cc1cc(C)c(C)c(-c2ccc3cc(-c4ccc(CC(C)(C)C)nc4)ccc3[n+]2C)c1.Cc1cc(C)c(C)c(-c2ccc3cc(-c4cnc(C)nc4)ccc3[n+]2C)c1. The predicted molar refractivity (Wildman–Crippen MR) is 371 cm³/mol. The van der Waals surface area contributed by atoms with Crippen LogP contribution in [0.15, 0.2) is 176 Å². The Labute approximate surface area is 529 Å². The van der Waals surface area contributed by atoms with Crippen molar-refractivity contribution in [1.82, 2.24) is 19.9 Å². The molecular formula is C82H88N7+3. The van der Waals surface area contributed by atoms with E-state index in [4.69, 9.17) is 9.97 Å². The van der Waals surface area contributed by atoms with Gasteiger partial charge < -0.3 is 0 Å². The zero-order valence-electron chi connectivity index (χ0n) is 55.5. The van der Waals surface area contributed by atoms with E-state index in [1.165, 1.54) is 165 Å². The Morgan fingerprint density at radius 1 is 0.371 bits per heavy atom. The number of fused-ring (bicyclic) bond motifs is 3. The second-order valence-corrected chi connectivity index (χ2v) is 26.7. The average molecular weight is 1170 g/mol. The highest BCUT2D eigenvalue weighted by Gasteiger charge is 2.23. The molecule has 448 valence electrons. The molecule has 1 aliphatic rings. The van der Waals surface area contributed by atoms with Gasteiger partial charge in [0.05, 0.1) is 0 Å². The molecule has 0 saturated heterocycles. The Hall–Kier alpha value is -9.07. The lowest BCUT2D eigenvalue weighted by atomic mass is 9.90. The first-order chi connectivity index (χ1) is 42.6. The number of pyridine rings is 5. The van der Waals surface area contributed by atoms with E-state index in [1.807, 2.05) is 25.5 Å². The summed E-state index contributed by atoms with van der Waals surface area (Å²) in [5.41, 5.74) is 33.0. The summed E-state index contributed by atoms with van der Waals surface area (Å²) in [4.78, 5) is 18.2. The van der Waals surface area contributed by atoms with E-state index in [2.05, 4.69) is 286 Å². The fourth-order valence-electron chi connectivity index (χ4n) is 13.3. The van der Waals surface area contributed by atoms with Gasteiger partial charge in [-0.15, -0.1) is 0 Å². The van der Waals surface area contributed by atoms with Crippen molar-refractivity contribution in [2.45, 2.75) is 128 Å². The highest BCUT2D eigenvalue weighted by atomic mass is 14.9. The Morgan fingerprint density at radius 2 is 0.730 bits per heavy atom. The maximum atomic E-state index is 4.81. The van der Waals surface area contributed by atoms with Crippen LogP contribution in [0.4, 0.5) is 0 Å². The van der Waals surface area contributed by atoms with Crippen LogP contribution in [0.2, 0.25) is 0 Å². The molecule has 0 aliphatic heterocycles. The van der Waals surface area contributed by atoms with Gasteiger partial charge in [-0.25, -0.2) is 9.97 Å². The molecule has 1 saturated carbocycles. The van der Waals surface area contributed by atoms with Crippen LogP contribution in [0.5, 0.6) is 0 Å². The van der Waals surface area contributed by atoms with Crippen molar-refractivity contribution in [3.8, 4) is 67.2 Å². The normalized spacial score (nSPS) is 12.5. The second kappa shape index (κ2) is 25.6. The van der Waals surface area contributed by atoms with Gasteiger partial charge in [-0.05, 0) is 229 Å². The molecule has 6 aromatic heterocycles. The summed E-state index contributed by atoms with van der Waals surface area (Å²) in [7, 11) is 6.48. The van der Waals surface area contributed by atoms with Crippen LogP contribution in [-0.2, 0) is 27.6 Å². The minimum Gasteiger partial charge on any atom is -0.261 e. The number of rotatable bonds is 8. The van der Waals surface area contributed by atoms with Crippen LogP contribution < -0.4 is 13.7 Å². The first-order valence-corrected chi connectivity index (χ1v) is 31.8. The van der Waals surface area contributed by atoms with E-state index in [0.717, 1.165) is 34.6 Å². The van der Waals surface area contributed by atoms with Gasteiger partial charge >= 0.3 is 0 Å². The van der Waals surface area contributed by atoms with Crippen molar-refractivity contribution in [2.75, 3.05) is 0 Å². The molecule has 7 heteroatoms. The summed E-state index contributed by atoms with van der Waals surface area (Å²) in [6, 6.07) is 55.9. The third-order valence-corrected chi connectivity index (χ3v) is 18.7. The van der Waals surface area contributed by atoms with E-state index < -0.39 is 0 Å². The molecule has 0 amide bonds. The molecule has 1 aliphatic carbocycles. The number of aryl methyl sites for hydroxylation is 10. The summed E-state index contributed by atoms with van der Waals surface area (Å²) in [6.07, 6.45) is 14.1. The molecule has 6 aromatic carbocycles. The lowest BCUT2D eigenvalue weighted by Crippen LogP contribution is -2.32. The highest BCUT2D eigenvalue weighted by Crippen LogP contribution is 2.36. The van der Waals surface area contributed by atoms with E-state index in [1.54, 1.807) is 0 Å². The van der Waals surface area contributed by atoms with Crippen LogP contribution in [0.3, 0.4) is 0 Å². The number of nitrogens with zero attached hydrogens (tertiary/aromatic N) is 7. The van der Waals surface area contributed by atoms with Crippen molar-refractivity contribution in [3.05, 3.63) is 244 Å². The minimum atomic E-state index is 0.248. The van der Waals surface area contributed by atoms with Crippen LogP contribution >= 0.6 is 0 Å². The van der Waals surface area contributed by atoms with Crippen LogP contribution in [-0.4, -0.2) is 19.9 Å². The van der Waals surface area contributed by atoms with E-state index in [9.17, 15) is 0 Å². The van der Waals surface area contributed by atoms with Gasteiger partial charge in [0.1, 0.15) is 27.0 Å². The fraction of sp³-hybridized carbons (Fsp3) is 0.280. The predicted octanol–water partition coefficient (Wildman–Crippen LogP) is 18.9.